The molecule has 12 heavy (non-hydrogen) atoms. The number of rotatable bonds is 1. The van der Waals surface area contributed by atoms with E-state index in [2.05, 4.69) is 17.5 Å². The van der Waals surface area contributed by atoms with Crippen LogP contribution in [0.15, 0.2) is 24.4 Å². The Balaban J connectivity index is 1.90. The summed E-state index contributed by atoms with van der Waals surface area (Å²) in [7, 11) is 0. The van der Waals surface area contributed by atoms with Crippen molar-refractivity contribution in [2.75, 3.05) is 6.61 Å². The zero-order valence-corrected chi connectivity index (χ0v) is 7.12. The number of nitrogens with one attached hydrogen (secondary N) is 1. The summed E-state index contributed by atoms with van der Waals surface area (Å²) >= 11 is 0. The maximum absolute atomic E-state index is 5.59. The van der Waals surface area contributed by atoms with Gasteiger partial charge >= 0.3 is 0 Å². The molecule has 65 valence electrons. The Morgan fingerprint density at radius 2 is 2.33 bits per heavy atom. The average Bonchev–Trinajstić information content (AvgIpc) is 2.21. The van der Waals surface area contributed by atoms with E-state index in [1.54, 1.807) is 0 Å². The zero-order chi connectivity index (χ0) is 8.23. The second kappa shape index (κ2) is 3.76. The third kappa shape index (κ3) is 1.69. The fourth-order valence-corrected chi connectivity index (χ4v) is 1.57. The van der Waals surface area contributed by atoms with E-state index in [0.29, 0.717) is 6.04 Å². The van der Waals surface area contributed by atoms with Gasteiger partial charge in [-0.15, -0.1) is 0 Å². The Kier molecular flexibility index (Phi) is 2.47. The van der Waals surface area contributed by atoms with Crippen molar-refractivity contribution in [3.8, 4) is 0 Å². The molecule has 2 aliphatic rings. The van der Waals surface area contributed by atoms with Gasteiger partial charge in [-0.25, -0.2) is 0 Å². The van der Waals surface area contributed by atoms with Crippen molar-refractivity contribution in [2.45, 2.75) is 25.3 Å². The molecule has 0 saturated carbocycles. The van der Waals surface area contributed by atoms with Crippen molar-refractivity contribution in [3.63, 3.8) is 0 Å². The van der Waals surface area contributed by atoms with Gasteiger partial charge in [-0.3, -0.25) is 0 Å². The molecule has 2 aliphatic heterocycles. The zero-order valence-electron chi connectivity index (χ0n) is 7.12. The molecule has 1 unspecified atom stereocenters. The van der Waals surface area contributed by atoms with E-state index in [-0.39, 0.29) is 0 Å². The van der Waals surface area contributed by atoms with Gasteiger partial charge in [0.2, 0.25) is 0 Å². The van der Waals surface area contributed by atoms with E-state index < -0.39 is 0 Å². The molecule has 0 aromatic carbocycles. The van der Waals surface area contributed by atoms with Gasteiger partial charge in [-0.1, -0.05) is 12.2 Å². The molecule has 0 spiro atoms. The highest BCUT2D eigenvalue weighted by atomic mass is 16.5. The Morgan fingerprint density at radius 3 is 3.00 bits per heavy atom. The molecule has 0 aliphatic carbocycles. The molecule has 1 atom stereocenters. The summed E-state index contributed by atoms with van der Waals surface area (Å²) in [6.07, 6.45) is 12.9. The highest BCUT2D eigenvalue weighted by molar-refractivity contribution is 5.18. The number of allylic oxidation sites excluding steroid dienone is 2. The molecule has 0 amide bonds. The van der Waals surface area contributed by atoms with E-state index in [1.165, 1.54) is 18.9 Å². The summed E-state index contributed by atoms with van der Waals surface area (Å²) in [5, 5.41) is 3.26. The molecule has 1 fully saturated rings. The van der Waals surface area contributed by atoms with Gasteiger partial charge in [0.1, 0.15) is 6.10 Å². The average molecular weight is 164 g/mol. The van der Waals surface area contributed by atoms with Crippen LogP contribution in [-0.2, 0) is 4.74 Å². The fraction of sp³-hybridized carbons (Fsp3) is 0.500. The van der Waals surface area contributed by atoms with Gasteiger partial charge < -0.3 is 10.1 Å². The molecule has 0 bridgehead atoms. The monoisotopic (exact) mass is 164 g/mol. The predicted octanol–water partition coefficient (Wildman–Crippen LogP) is 1.76. The van der Waals surface area contributed by atoms with Crippen LogP contribution in [0.25, 0.3) is 0 Å². The van der Waals surface area contributed by atoms with Crippen LogP contribution in [0, 0.1) is 6.10 Å². The first-order valence-corrected chi connectivity index (χ1v) is 4.55. The van der Waals surface area contributed by atoms with Gasteiger partial charge in [0, 0.05) is 6.61 Å². The first-order chi connectivity index (χ1) is 5.97. The molecule has 2 heterocycles. The Bertz CT molecular complexity index is 192. The lowest BCUT2D eigenvalue weighted by Gasteiger charge is -2.28. The maximum atomic E-state index is 5.59. The van der Waals surface area contributed by atoms with Crippen molar-refractivity contribution in [1.82, 2.24) is 5.32 Å². The minimum absolute atomic E-state index is 0.315. The number of hydrogen-bond acceptors (Lipinski definition) is 2. The quantitative estimate of drug-likeness (QED) is 0.637. The first-order valence-electron chi connectivity index (χ1n) is 4.55. The molecule has 1 radical (unpaired) electrons. The molecule has 1 N–H and O–H groups in total. The molecular formula is C10H14NO. The van der Waals surface area contributed by atoms with Gasteiger partial charge in [-0.05, 0) is 31.5 Å². The molecule has 2 rings (SSSR count). The van der Waals surface area contributed by atoms with E-state index in [0.717, 1.165) is 13.0 Å². The fourth-order valence-electron chi connectivity index (χ4n) is 1.57. The number of dihydropyridines is 1. The molecule has 0 aromatic rings. The number of ether oxygens (including phenoxy) is 1. The van der Waals surface area contributed by atoms with Gasteiger partial charge in [0.05, 0.1) is 6.04 Å². The van der Waals surface area contributed by atoms with Crippen molar-refractivity contribution in [2.24, 2.45) is 0 Å². The second-order valence-corrected chi connectivity index (χ2v) is 3.16. The highest BCUT2D eigenvalue weighted by Gasteiger charge is 2.23. The molecular weight excluding hydrogens is 150 g/mol. The largest absolute Gasteiger partial charge is 0.382 e. The van der Waals surface area contributed by atoms with E-state index in [4.69, 9.17) is 4.74 Å². The van der Waals surface area contributed by atoms with E-state index in [9.17, 15) is 0 Å². The molecule has 1 saturated heterocycles. The van der Waals surface area contributed by atoms with Crippen LogP contribution in [0.4, 0.5) is 0 Å². The maximum Gasteiger partial charge on any atom is 0.123 e. The minimum atomic E-state index is 0.315. The van der Waals surface area contributed by atoms with Crippen LogP contribution in [0.2, 0.25) is 0 Å². The van der Waals surface area contributed by atoms with Crippen LogP contribution in [0.1, 0.15) is 19.3 Å². The Labute approximate surface area is 73.3 Å². The summed E-state index contributed by atoms with van der Waals surface area (Å²) in [5.41, 5.74) is 0. The molecule has 2 nitrogen and oxygen atoms in total. The summed E-state index contributed by atoms with van der Waals surface area (Å²) in [6.45, 7) is 0.894. The first kappa shape index (κ1) is 7.87. The third-order valence-electron chi connectivity index (χ3n) is 2.24. The lowest BCUT2D eigenvalue weighted by Crippen LogP contribution is -2.34. The SMILES string of the molecule is C1=CNC([C]2CCCCO2)C=C1. The number of hydrogen-bond donors (Lipinski definition) is 1. The van der Waals surface area contributed by atoms with E-state index in [1.807, 2.05) is 12.3 Å². The highest BCUT2D eigenvalue weighted by Crippen LogP contribution is 2.24. The summed E-state index contributed by atoms with van der Waals surface area (Å²) in [5.74, 6) is 0. The smallest absolute Gasteiger partial charge is 0.123 e. The Hall–Kier alpha value is -0.760. The van der Waals surface area contributed by atoms with Crippen LogP contribution in [0.5, 0.6) is 0 Å². The normalized spacial score (nSPS) is 30.2. The van der Waals surface area contributed by atoms with Crippen LogP contribution in [-0.4, -0.2) is 12.6 Å². The Morgan fingerprint density at radius 1 is 1.33 bits per heavy atom. The van der Waals surface area contributed by atoms with Crippen LogP contribution in [0.3, 0.4) is 0 Å². The van der Waals surface area contributed by atoms with Crippen molar-refractivity contribution < 1.29 is 4.74 Å². The summed E-state index contributed by atoms with van der Waals surface area (Å²) in [4.78, 5) is 0. The second-order valence-electron chi connectivity index (χ2n) is 3.16. The molecule has 2 heteroatoms. The van der Waals surface area contributed by atoms with Crippen LogP contribution >= 0.6 is 0 Å². The topological polar surface area (TPSA) is 21.3 Å². The van der Waals surface area contributed by atoms with Crippen LogP contribution < -0.4 is 5.32 Å². The van der Waals surface area contributed by atoms with Crippen molar-refractivity contribution in [1.29, 1.82) is 0 Å². The third-order valence-corrected chi connectivity index (χ3v) is 2.24. The lowest BCUT2D eigenvalue weighted by molar-refractivity contribution is 0.0864. The van der Waals surface area contributed by atoms with Gasteiger partial charge in [0.15, 0.2) is 0 Å². The summed E-state index contributed by atoms with van der Waals surface area (Å²) < 4.78 is 5.59. The van der Waals surface area contributed by atoms with E-state index >= 15 is 0 Å². The minimum Gasteiger partial charge on any atom is -0.382 e. The predicted molar refractivity (Wildman–Crippen MR) is 48.2 cm³/mol. The van der Waals surface area contributed by atoms with Gasteiger partial charge in [0.25, 0.3) is 0 Å². The van der Waals surface area contributed by atoms with Crippen molar-refractivity contribution >= 4 is 0 Å². The van der Waals surface area contributed by atoms with Gasteiger partial charge in [-0.2, -0.15) is 0 Å². The summed E-state index contributed by atoms with van der Waals surface area (Å²) in [6, 6.07) is 0.315. The lowest BCUT2D eigenvalue weighted by atomic mass is 10.0. The standard InChI is InChI=1S/C10H14NO/c1-3-7-11-9(5-1)10-6-2-4-8-12-10/h1,3,5,7,9,11H,2,4,6,8H2. The van der Waals surface area contributed by atoms with Crippen molar-refractivity contribution in [3.05, 3.63) is 30.5 Å². The molecule has 0 aromatic heterocycles.